The van der Waals surface area contributed by atoms with E-state index in [9.17, 15) is 9.90 Å². The molecular formula is C7H14NNaO3. The Kier molecular flexibility index (Phi) is 8.51. The summed E-state index contributed by atoms with van der Waals surface area (Å²) in [5.41, 5.74) is 5.58. The van der Waals surface area contributed by atoms with Crippen LogP contribution in [-0.2, 0) is 4.79 Å². The molecule has 1 rings (SSSR count). The molecule has 1 aliphatic carbocycles. The number of hydrogen-bond acceptors (Lipinski definition) is 3. The Bertz CT molecular complexity index is 135. The molecule has 66 valence electrons. The summed E-state index contributed by atoms with van der Waals surface area (Å²) in [6.45, 7) is 0. The van der Waals surface area contributed by atoms with Crippen LogP contribution in [0.25, 0.3) is 0 Å². The van der Waals surface area contributed by atoms with Crippen molar-refractivity contribution in [3.8, 4) is 0 Å². The first-order chi connectivity index (χ1) is 4.70. The van der Waals surface area contributed by atoms with E-state index >= 15 is 0 Å². The summed E-state index contributed by atoms with van der Waals surface area (Å²) >= 11 is 0. The van der Waals surface area contributed by atoms with Gasteiger partial charge in [0.25, 0.3) is 0 Å². The molecule has 1 fully saturated rings. The van der Waals surface area contributed by atoms with Crippen molar-refractivity contribution in [1.82, 2.24) is 0 Å². The molecule has 0 atom stereocenters. The largest absolute Gasteiger partial charge is 1.00 e. The van der Waals surface area contributed by atoms with Crippen LogP contribution < -0.4 is 40.4 Å². The summed E-state index contributed by atoms with van der Waals surface area (Å²) in [5.74, 6) is -1.15. The standard InChI is InChI=1S/C7H13NO2.Na.H2O/c8-6-3-1-5(2-4-6)7(9)10;;/h5-6H,1-4,8H2,(H,9,10);;1H2/q;+1;/p-1. The van der Waals surface area contributed by atoms with Crippen molar-refractivity contribution >= 4 is 5.97 Å². The SMILES string of the molecule is NC1CCC(C(=O)[O-])CC1.O.[Na+]. The second-order valence-corrected chi connectivity index (χ2v) is 2.93. The third-order valence-corrected chi connectivity index (χ3v) is 2.11. The fourth-order valence-electron chi connectivity index (χ4n) is 1.35. The minimum atomic E-state index is -0.910. The zero-order valence-electron chi connectivity index (χ0n) is 7.38. The van der Waals surface area contributed by atoms with Crippen LogP contribution >= 0.6 is 0 Å². The van der Waals surface area contributed by atoms with E-state index in [2.05, 4.69) is 0 Å². The van der Waals surface area contributed by atoms with Gasteiger partial charge in [0.1, 0.15) is 0 Å². The summed E-state index contributed by atoms with van der Waals surface area (Å²) < 4.78 is 0. The molecule has 0 amide bonds. The summed E-state index contributed by atoms with van der Waals surface area (Å²) in [5, 5.41) is 10.3. The molecule has 1 aliphatic rings. The number of carbonyl (C=O) groups is 1. The normalized spacial score (nSPS) is 28.1. The summed E-state index contributed by atoms with van der Waals surface area (Å²) in [6, 6.07) is 0.218. The molecule has 0 aliphatic heterocycles. The van der Waals surface area contributed by atoms with Crippen LogP contribution in [0, 0.1) is 5.92 Å². The molecule has 4 N–H and O–H groups in total. The first kappa shape index (κ1) is 14.9. The van der Waals surface area contributed by atoms with E-state index in [0.29, 0.717) is 12.8 Å². The maximum absolute atomic E-state index is 10.3. The molecule has 1 saturated carbocycles. The number of carboxylic acid groups (broad SMARTS) is 1. The van der Waals surface area contributed by atoms with Crippen molar-refractivity contribution in [2.75, 3.05) is 0 Å². The van der Waals surface area contributed by atoms with Gasteiger partial charge in [-0.05, 0) is 31.6 Å². The first-order valence-electron chi connectivity index (χ1n) is 3.66. The van der Waals surface area contributed by atoms with E-state index in [0.717, 1.165) is 12.8 Å². The monoisotopic (exact) mass is 183 g/mol. The van der Waals surface area contributed by atoms with Crippen molar-refractivity contribution in [3.63, 3.8) is 0 Å². The molecule has 0 radical (unpaired) electrons. The summed E-state index contributed by atoms with van der Waals surface area (Å²) in [6.07, 6.45) is 3.06. The Hall–Kier alpha value is 0.390. The maximum Gasteiger partial charge on any atom is 1.00 e. The zero-order valence-corrected chi connectivity index (χ0v) is 9.38. The predicted octanol–water partition coefficient (Wildman–Crippen LogP) is -4.57. The van der Waals surface area contributed by atoms with Crippen molar-refractivity contribution in [1.29, 1.82) is 0 Å². The number of nitrogens with two attached hydrogens (primary N) is 1. The Balaban J connectivity index is 0. The second kappa shape index (κ2) is 6.86. The van der Waals surface area contributed by atoms with Gasteiger partial charge in [-0.3, -0.25) is 0 Å². The van der Waals surface area contributed by atoms with Crippen LogP contribution in [0.2, 0.25) is 0 Å². The predicted molar refractivity (Wildman–Crippen MR) is 38.6 cm³/mol. The number of carboxylic acids is 1. The van der Waals surface area contributed by atoms with Gasteiger partial charge < -0.3 is 21.1 Å². The van der Waals surface area contributed by atoms with Crippen LogP contribution in [0.3, 0.4) is 0 Å². The quantitative estimate of drug-likeness (QED) is 0.414. The summed E-state index contributed by atoms with van der Waals surface area (Å²) in [7, 11) is 0. The minimum absolute atomic E-state index is 0. The second-order valence-electron chi connectivity index (χ2n) is 2.93. The molecule has 5 heteroatoms. The van der Waals surface area contributed by atoms with E-state index in [1.54, 1.807) is 0 Å². The van der Waals surface area contributed by atoms with E-state index in [1.807, 2.05) is 0 Å². The number of carbonyl (C=O) groups excluding carboxylic acids is 1. The fourth-order valence-corrected chi connectivity index (χ4v) is 1.35. The molecule has 0 heterocycles. The Morgan fingerprint density at radius 3 is 2.00 bits per heavy atom. The number of hydrogen-bond donors (Lipinski definition) is 1. The van der Waals surface area contributed by atoms with Crippen LogP contribution in [0.5, 0.6) is 0 Å². The van der Waals surface area contributed by atoms with Gasteiger partial charge in [0.2, 0.25) is 0 Å². The van der Waals surface area contributed by atoms with Gasteiger partial charge in [-0.1, -0.05) is 0 Å². The van der Waals surface area contributed by atoms with Crippen molar-refractivity contribution in [2.24, 2.45) is 11.7 Å². The van der Waals surface area contributed by atoms with Gasteiger partial charge in [0.05, 0.1) is 0 Å². The van der Waals surface area contributed by atoms with Gasteiger partial charge in [-0.25, -0.2) is 0 Å². The van der Waals surface area contributed by atoms with Crippen LogP contribution in [0.1, 0.15) is 25.7 Å². The van der Waals surface area contributed by atoms with E-state index in [1.165, 1.54) is 0 Å². The Labute approximate surface area is 94.1 Å². The van der Waals surface area contributed by atoms with Crippen molar-refractivity contribution in [2.45, 2.75) is 31.7 Å². The van der Waals surface area contributed by atoms with Crippen LogP contribution in [-0.4, -0.2) is 17.5 Å². The molecule has 0 aromatic carbocycles. The number of rotatable bonds is 1. The molecular weight excluding hydrogens is 169 g/mol. The van der Waals surface area contributed by atoms with Gasteiger partial charge in [-0.15, -0.1) is 0 Å². The molecule has 0 unspecified atom stereocenters. The molecule has 0 bridgehead atoms. The average molecular weight is 183 g/mol. The van der Waals surface area contributed by atoms with Gasteiger partial charge in [0, 0.05) is 12.0 Å². The third kappa shape index (κ3) is 4.42. The minimum Gasteiger partial charge on any atom is -0.550 e. The Morgan fingerprint density at radius 1 is 1.25 bits per heavy atom. The average Bonchev–Trinajstić information content (AvgIpc) is 1.88. The fraction of sp³-hybridized carbons (Fsp3) is 0.857. The van der Waals surface area contributed by atoms with Gasteiger partial charge in [0.15, 0.2) is 0 Å². The molecule has 0 aromatic heterocycles. The number of aliphatic carboxylic acids is 1. The third-order valence-electron chi connectivity index (χ3n) is 2.11. The topological polar surface area (TPSA) is 97.7 Å². The van der Waals surface area contributed by atoms with E-state index in [-0.39, 0.29) is 47.0 Å². The van der Waals surface area contributed by atoms with Crippen molar-refractivity contribution in [3.05, 3.63) is 0 Å². The maximum atomic E-state index is 10.3. The molecule has 12 heavy (non-hydrogen) atoms. The molecule has 0 aromatic rings. The Morgan fingerprint density at radius 2 is 1.67 bits per heavy atom. The van der Waals surface area contributed by atoms with Crippen LogP contribution in [0.4, 0.5) is 0 Å². The van der Waals surface area contributed by atoms with E-state index < -0.39 is 5.97 Å². The van der Waals surface area contributed by atoms with Crippen molar-refractivity contribution < 1.29 is 44.9 Å². The van der Waals surface area contributed by atoms with E-state index in [4.69, 9.17) is 5.73 Å². The molecule has 0 spiro atoms. The van der Waals surface area contributed by atoms with Crippen LogP contribution in [0.15, 0.2) is 0 Å². The zero-order chi connectivity index (χ0) is 7.56. The van der Waals surface area contributed by atoms with Gasteiger partial charge >= 0.3 is 29.6 Å². The van der Waals surface area contributed by atoms with Gasteiger partial charge in [-0.2, -0.15) is 0 Å². The summed E-state index contributed by atoms with van der Waals surface area (Å²) in [4.78, 5) is 10.3. The first-order valence-corrected chi connectivity index (χ1v) is 3.66. The molecule has 0 saturated heterocycles. The molecule has 4 nitrogen and oxygen atoms in total. The smallest absolute Gasteiger partial charge is 0.550 e.